The van der Waals surface area contributed by atoms with Crippen molar-refractivity contribution in [3.63, 3.8) is 0 Å². The highest BCUT2D eigenvalue weighted by Crippen LogP contribution is 2.35. The van der Waals surface area contributed by atoms with E-state index in [1.165, 1.54) is 18.4 Å². The first-order valence-corrected chi connectivity index (χ1v) is 8.53. The van der Waals surface area contributed by atoms with Gasteiger partial charge in [-0.3, -0.25) is 4.90 Å². The molecular weight excluding hydrogens is 300 g/mol. The second-order valence-corrected chi connectivity index (χ2v) is 6.68. The maximum atomic E-state index is 5.88. The minimum atomic E-state index is 0.282. The maximum absolute atomic E-state index is 5.88. The van der Waals surface area contributed by atoms with E-state index in [-0.39, 0.29) is 5.95 Å². The van der Waals surface area contributed by atoms with E-state index in [2.05, 4.69) is 57.1 Å². The average Bonchev–Trinajstić information content (AvgIpc) is 2.57. The molecule has 128 valence electrons. The van der Waals surface area contributed by atoms with Gasteiger partial charge < -0.3 is 10.6 Å². The van der Waals surface area contributed by atoms with Crippen LogP contribution in [0.2, 0.25) is 0 Å². The Morgan fingerprint density at radius 1 is 1.12 bits per heavy atom. The lowest BCUT2D eigenvalue weighted by atomic mass is 9.91. The van der Waals surface area contributed by atoms with Crippen molar-refractivity contribution in [3.05, 3.63) is 41.7 Å². The van der Waals surface area contributed by atoms with Gasteiger partial charge in [0, 0.05) is 26.2 Å². The zero-order valence-corrected chi connectivity index (χ0v) is 14.7. The molecule has 24 heavy (non-hydrogen) atoms. The summed E-state index contributed by atoms with van der Waals surface area (Å²) < 4.78 is 0. The van der Waals surface area contributed by atoms with Crippen LogP contribution < -0.4 is 10.6 Å². The molecule has 2 heterocycles. The molecule has 3 rings (SSSR count). The molecule has 1 aliphatic heterocycles. The molecule has 1 fully saturated rings. The van der Waals surface area contributed by atoms with Crippen molar-refractivity contribution in [1.82, 2.24) is 19.9 Å². The molecule has 0 bridgehead atoms. The van der Waals surface area contributed by atoms with E-state index in [0.717, 1.165) is 12.2 Å². The highest BCUT2D eigenvalue weighted by atomic mass is 15.3. The maximum Gasteiger partial charge on any atom is 0.229 e. The van der Waals surface area contributed by atoms with E-state index in [4.69, 9.17) is 5.73 Å². The summed E-state index contributed by atoms with van der Waals surface area (Å²) in [5, 5.41) is 0. The van der Waals surface area contributed by atoms with E-state index in [0.29, 0.717) is 24.6 Å². The number of likely N-dealkylation sites (tertiary alicyclic amines) is 1. The number of nitrogens with two attached hydrogens (primary N) is 1. The summed E-state index contributed by atoms with van der Waals surface area (Å²) in [4.78, 5) is 17.5. The fourth-order valence-electron chi connectivity index (χ4n) is 3.40. The molecule has 2 aromatic rings. The quantitative estimate of drug-likeness (QED) is 0.931. The topological polar surface area (TPSA) is 71.2 Å². The van der Waals surface area contributed by atoms with Gasteiger partial charge in [-0.05, 0) is 25.3 Å². The van der Waals surface area contributed by atoms with E-state index in [1.54, 1.807) is 0 Å². The zero-order valence-electron chi connectivity index (χ0n) is 14.7. The van der Waals surface area contributed by atoms with Crippen molar-refractivity contribution in [3.8, 4) is 0 Å². The minimum absolute atomic E-state index is 0.282. The Hall–Kier alpha value is -2.21. The molecule has 6 heteroatoms. The van der Waals surface area contributed by atoms with Crippen LogP contribution in [-0.2, 0) is 6.54 Å². The van der Waals surface area contributed by atoms with Crippen molar-refractivity contribution in [2.24, 2.45) is 0 Å². The third-order valence-corrected chi connectivity index (χ3v) is 4.66. The fourth-order valence-corrected chi connectivity index (χ4v) is 3.40. The van der Waals surface area contributed by atoms with Gasteiger partial charge in [0.05, 0.1) is 6.54 Å². The molecule has 0 unspecified atom stereocenters. The third kappa shape index (κ3) is 3.64. The van der Waals surface area contributed by atoms with Crippen molar-refractivity contribution < 1.29 is 0 Å². The molecule has 0 spiro atoms. The van der Waals surface area contributed by atoms with Crippen molar-refractivity contribution in [2.45, 2.75) is 44.8 Å². The first-order valence-electron chi connectivity index (χ1n) is 8.53. The lowest BCUT2D eigenvalue weighted by molar-refractivity contribution is 0.0814. The van der Waals surface area contributed by atoms with Gasteiger partial charge in [0.15, 0.2) is 0 Å². The summed E-state index contributed by atoms with van der Waals surface area (Å²) in [5.41, 5.74) is 7.24. The highest BCUT2D eigenvalue weighted by Gasteiger charge is 2.29. The molecule has 1 aromatic heterocycles. The van der Waals surface area contributed by atoms with E-state index < -0.39 is 0 Å². The number of hydrogen-bond acceptors (Lipinski definition) is 6. The van der Waals surface area contributed by atoms with Crippen LogP contribution in [-0.4, -0.2) is 40.0 Å². The highest BCUT2D eigenvalue weighted by molar-refractivity contribution is 5.32. The van der Waals surface area contributed by atoms with Crippen LogP contribution in [0.15, 0.2) is 30.3 Å². The van der Waals surface area contributed by atoms with E-state index >= 15 is 0 Å². The van der Waals surface area contributed by atoms with Gasteiger partial charge in [0.25, 0.3) is 0 Å². The predicted molar refractivity (Wildman–Crippen MR) is 96.6 cm³/mol. The lowest BCUT2D eigenvalue weighted by Gasteiger charge is -2.40. The molecule has 1 aromatic carbocycles. The molecule has 1 aliphatic rings. The molecule has 2 atom stereocenters. The molecule has 0 radical (unpaired) electrons. The molecule has 6 nitrogen and oxygen atoms in total. The molecule has 0 amide bonds. The summed E-state index contributed by atoms with van der Waals surface area (Å²) in [6.45, 7) is 2.97. The number of anilines is 2. The Bertz CT molecular complexity index is 672. The van der Waals surface area contributed by atoms with Crippen molar-refractivity contribution in [2.75, 3.05) is 24.7 Å². The largest absolute Gasteiger partial charge is 0.368 e. The Morgan fingerprint density at radius 3 is 2.58 bits per heavy atom. The lowest BCUT2D eigenvalue weighted by Crippen LogP contribution is -2.40. The average molecular weight is 326 g/mol. The van der Waals surface area contributed by atoms with Gasteiger partial charge in [0.1, 0.15) is 5.82 Å². The number of hydrogen-bond donors (Lipinski definition) is 1. The third-order valence-electron chi connectivity index (χ3n) is 4.66. The van der Waals surface area contributed by atoms with Crippen LogP contribution >= 0.6 is 0 Å². The summed E-state index contributed by atoms with van der Waals surface area (Å²) in [6, 6.07) is 11.6. The minimum Gasteiger partial charge on any atom is -0.368 e. The monoisotopic (exact) mass is 326 g/mol. The van der Waals surface area contributed by atoms with Gasteiger partial charge in [0.2, 0.25) is 11.9 Å². The molecule has 0 saturated carbocycles. The smallest absolute Gasteiger partial charge is 0.229 e. The first kappa shape index (κ1) is 16.6. The molecule has 0 aliphatic carbocycles. The second kappa shape index (κ2) is 7.13. The summed E-state index contributed by atoms with van der Waals surface area (Å²) in [6.07, 6.45) is 3.61. The molecular formula is C18H26N6. The van der Waals surface area contributed by atoms with Gasteiger partial charge in [-0.2, -0.15) is 15.0 Å². The van der Waals surface area contributed by atoms with Gasteiger partial charge in [-0.15, -0.1) is 0 Å². The summed E-state index contributed by atoms with van der Waals surface area (Å²) in [7, 11) is 3.82. The van der Waals surface area contributed by atoms with Crippen molar-refractivity contribution in [1.29, 1.82) is 0 Å². The van der Waals surface area contributed by atoms with Crippen LogP contribution in [0.3, 0.4) is 0 Å². The molecule has 2 N–H and O–H groups in total. The predicted octanol–water partition coefficient (Wildman–Crippen LogP) is 2.64. The number of rotatable bonds is 4. The van der Waals surface area contributed by atoms with Crippen molar-refractivity contribution >= 4 is 11.9 Å². The number of piperidine rings is 1. The normalized spacial score (nSPS) is 21.6. The Morgan fingerprint density at radius 2 is 1.88 bits per heavy atom. The van der Waals surface area contributed by atoms with Crippen LogP contribution in [0.4, 0.5) is 11.9 Å². The van der Waals surface area contributed by atoms with E-state index in [9.17, 15) is 0 Å². The van der Waals surface area contributed by atoms with Crippen LogP contribution in [0, 0.1) is 0 Å². The van der Waals surface area contributed by atoms with Crippen LogP contribution in [0.1, 0.15) is 43.6 Å². The second-order valence-electron chi connectivity index (χ2n) is 6.68. The van der Waals surface area contributed by atoms with Gasteiger partial charge >= 0.3 is 0 Å². The Balaban J connectivity index is 1.88. The van der Waals surface area contributed by atoms with Crippen LogP contribution in [0.5, 0.6) is 0 Å². The zero-order chi connectivity index (χ0) is 17.1. The first-order chi connectivity index (χ1) is 11.5. The summed E-state index contributed by atoms with van der Waals surface area (Å²) in [5.74, 6) is 1.63. The SMILES string of the molecule is C[C@H]1CCC[C@@H](c2ccccc2)N1Cc1nc(N)nc(N(C)C)n1. The fraction of sp³-hybridized carbons (Fsp3) is 0.500. The summed E-state index contributed by atoms with van der Waals surface area (Å²) >= 11 is 0. The number of benzene rings is 1. The van der Waals surface area contributed by atoms with E-state index in [1.807, 2.05) is 19.0 Å². The van der Waals surface area contributed by atoms with Gasteiger partial charge in [-0.1, -0.05) is 36.8 Å². The van der Waals surface area contributed by atoms with Gasteiger partial charge in [-0.25, -0.2) is 0 Å². The Labute approximate surface area is 143 Å². The van der Waals surface area contributed by atoms with Crippen LogP contribution in [0.25, 0.3) is 0 Å². The number of nitrogens with zero attached hydrogens (tertiary/aromatic N) is 5. The Kier molecular flexibility index (Phi) is 4.94. The standard InChI is InChI=1S/C18H26N6/c1-13-8-7-11-15(14-9-5-4-6-10-14)24(13)12-16-20-17(19)22-18(21-16)23(2)3/h4-6,9-10,13,15H,7-8,11-12H2,1-3H3,(H2,19,20,21,22)/t13-,15-/m0/s1. The number of nitrogen functional groups attached to an aromatic ring is 1. The molecule has 1 saturated heterocycles. The number of aromatic nitrogens is 3.